The molecule has 0 atom stereocenters. The predicted molar refractivity (Wildman–Crippen MR) is 102 cm³/mol. The van der Waals surface area contributed by atoms with Gasteiger partial charge in [-0.25, -0.2) is 5.43 Å². The molecular weight excluding hydrogens is 352 g/mol. The van der Waals surface area contributed by atoms with Crippen molar-refractivity contribution < 1.29 is 9.53 Å². The minimum Gasteiger partial charge on any atom is -0.493 e. The lowest BCUT2D eigenvalue weighted by Gasteiger charge is -2.05. The summed E-state index contributed by atoms with van der Waals surface area (Å²) in [5, 5.41) is 11.5. The molecule has 0 fully saturated rings. The van der Waals surface area contributed by atoms with E-state index in [4.69, 9.17) is 16.3 Å². The van der Waals surface area contributed by atoms with Gasteiger partial charge in [-0.1, -0.05) is 35.9 Å². The van der Waals surface area contributed by atoms with Crippen LogP contribution in [0.15, 0.2) is 59.7 Å². The minimum atomic E-state index is -0.386. The summed E-state index contributed by atoms with van der Waals surface area (Å²) < 4.78 is 5.51. The number of hydrazone groups is 1. The van der Waals surface area contributed by atoms with Crippen molar-refractivity contribution >= 4 is 23.7 Å². The standard InChI is InChI=1S/C19H17ClN4O2/c1-2-26-18-6-4-3-5-14(18)12-21-24-19(25)17-11-16(22-23-17)13-7-9-15(20)10-8-13/h3-12H,2H2,1H3,(H,22,23)(H,24,25)/b21-12-. The van der Waals surface area contributed by atoms with Gasteiger partial charge in [-0.2, -0.15) is 10.2 Å². The number of aromatic amines is 1. The number of ether oxygens (including phenoxy) is 1. The number of para-hydroxylation sites is 1. The molecule has 1 amide bonds. The number of aromatic nitrogens is 2. The Hall–Kier alpha value is -3.12. The Labute approximate surface area is 155 Å². The summed E-state index contributed by atoms with van der Waals surface area (Å²) in [5.41, 5.74) is 5.07. The average Bonchev–Trinajstić information content (AvgIpc) is 3.14. The van der Waals surface area contributed by atoms with Crippen molar-refractivity contribution in [2.45, 2.75) is 6.92 Å². The number of carbonyl (C=O) groups excluding carboxylic acids is 1. The van der Waals surface area contributed by atoms with Gasteiger partial charge in [-0.15, -0.1) is 0 Å². The van der Waals surface area contributed by atoms with Crippen molar-refractivity contribution in [1.29, 1.82) is 0 Å². The Morgan fingerprint density at radius 2 is 2.04 bits per heavy atom. The van der Waals surface area contributed by atoms with Gasteiger partial charge in [0.1, 0.15) is 11.4 Å². The molecule has 0 aliphatic heterocycles. The molecule has 1 heterocycles. The van der Waals surface area contributed by atoms with Crippen LogP contribution in [0, 0.1) is 0 Å². The third-order valence-electron chi connectivity index (χ3n) is 3.55. The second kappa shape index (κ2) is 8.31. The quantitative estimate of drug-likeness (QED) is 0.511. The summed E-state index contributed by atoms with van der Waals surface area (Å²) in [4.78, 5) is 12.2. The van der Waals surface area contributed by atoms with Crippen LogP contribution < -0.4 is 10.2 Å². The van der Waals surface area contributed by atoms with Gasteiger partial charge in [0.2, 0.25) is 0 Å². The maximum absolute atomic E-state index is 12.2. The van der Waals surface area contributed by atoms with Crippen LogP contribution in [0.4, 0.5) is 0 Å². The molecule has 2 N–H and O–H groups in total. The van der Waals surface area contributed by atoms with Crippen molar-refractivity contribution in [2.75, 3.05) is 6.61 Å². The van der Waals surface area contributed by atoms with Crippen LogP contribution in [0.25, 0.3) is 11.3 Å². The number of H-pyrrole nitrogens is 1. The first-order valence-electron chi connectivity index (χ1n) is 8.04. The zero-order valence-electron chi connectivity index (χ0n) is 14.1. The molecule has 7 heteroatoms. The first-order chi connectivity index (χ1) is 12.7. The SMILES string of the molecule is CCOc1ccccc1/C=N\NC(=O)c1cc(-c2ccc(Cl)cc2)n[nH]1. The molecule has 3 rings (SSSR count). The van der Waals surface area contributed by atoms with E-state index >= 15 is 0 Å². The molecule has 0 bridgehead atoms. The molecule has 0 aliphatic carbocycles. The molecule has 132 valence electrons. The van der Waals surface area contributed by atoms with Crippen molar-refractivity contribution in [3.05, 3.63) is 70.9 Å². The Bertz CT molecular complexity index is 919. The minimum absolute atomic E-state index is 0.310. The molecule has 2 aromatic carbocycles. The summed E-state index contributed by atoms with van der Waals surface area (Å²) in [6.45, 7) is 2.46. The maximum atomic E-state index is 12.2. The number of carbonyl (C=O) groups is 1. The van der Waals surface area contributed by atoms with Crippen LogP contribution in [0.1, 0.15) is 23.0 Å². The summed E-state index contributed by atoms with van der Waals surface area (Å²) in [7, 11) is 0. The van der Waals surface area contributed by atoms with Crippen LogP contribution in [0.2, 0.25) is 5.02 Å². The first kappa shape index (κ1) is 17.7. The van der Waals surface area contributed by atoms with Crippen LogP contribution in [-0.2, 0) is 0 Å². The predicted octanol–water partition coefficient (Wildman–Crippen LogP) is 3.89. The van der Waals surface area contributed by atoms with Crippen LogP contribution in [0.3, 0.4) is 0 Å². The highest BCUT2D eigenvalue weighted by molar-refractivity contribution is 6.30. The normalized spacial score (nSPS) is 10.8. The van der Waals surface area contributed by atoms with Crippen molar-refractivity contribution in [3.63, 3.8) is 0 Å². The van der Waals surface area contributed by atoms with E-state index in [2.05, 4.69) is 20.7 Å². The van der Waals surface area contributed by atoms with E-state index in [1.54, 1.807) is 24.4 Å². The third kappa shape index (κ3) is 4.29. The zero-order chi connectivity index (χ0) is 18.4. The molecule has 0 unspecified atom stereocenters. The largest absolute Gasteiger partial charge is 0.493 e. The molecular formula is C19H17ClN4O2. The fourth-order valence-electron chi connectivity index (χ4n) is 2.30. The van der Waals surface area contributed by atoms with E-state index in [0.717, 1.165) is 11.1 Å². The topological polar surface area (TPSA) is 79.4 Å². The molecule has 0 radical (unpaired) electrons. The molecule has 0 saturated heterocycles. The van der Waals surface area contributed by atoms with Gasteiger partial charge in [-0.3, -0.25) is 9.89 Å². The number of halogens is 1. The molecule has 0 aliphatic rings. The number of hydrogen-bond donors (Lipinski definition) is 2. The highest BCUT2D eigenvalue weighted by Crippen LogP contribution is 2.20. The van der Waals surface area contributed by atoms with E-state index in [1.165, 1.54) is 0 Å². The monoisotopic (exact) mass is 368 g/mol. The Balaban J connectivity index is 1.67. The smallest absolute Gasteiger partial charge is 0.289 e. The van der Waals surface area contributed by atoms with E-state index < -0.39 is 0 Å². The lowest BCUT2D eigenvalue weighted by Crippen LogP contribution is -2.18. The fraction of sp³-hybridized carbons (Fsp3) is 0.105. The van der Waals surface area contributed by atoms with Crippen LogP contribution in [0.5, 0.6) is 5.75 Å². The van der Waals surface area contributed by atoms with Crippen molar-refractivity contribution in [1.82, 2.24) is 15.6 Å². The van der Waals surface area contributed by atoms with E-state index in [0.29, 0.717) is 28.8 Å². The van der Waals surface area contributed by atoms with E-state index in [-0.39, 0.29) is 5.91 Å². The molecule has 6 nitrogen and oxygen atoms in total. The number of amides is 1. The lowest BCUT2D eigenvalue weighted by atomic mass is 10.1. The lowest BCUT2D eigenvalue weighted by molar-refractivity contribution is 0.0950. The van der Waals surface area contributed by atoms with E-state index in [9.17, 15) is 4.79 Å². The van der Waals surface area contributed by atoms with Gasteiger partial charge < -0.3 is 4.74 Å². The molecule has 0 saturated carbocycles. The summed E-state index contributed by atoms with van der Waals surface area (Å²) in [6, 6.07) is 16.3. The third-order valence-corrected chi connectivity index (χ3v) is 3.80. The van der Waals surface area contributed by atoms with Gasteiger partial charge >= 0.3 is 0 Å². The number of rotatable bonds is 6. The van der Waals surface area contributed by atoms with Gasteiger partial charge in [0.25, 0.3) is 5.91 Å². The van der Waals surface area contributed by atoms with Crippen LogP contribution >= 0.6 is 11.6 Å². The van der Waals surface area contributed by atoms with Gasteiger partial charge in [0.05, 0.1) is 18.5 Å². The molecule has 1 aromatic heterocycles. The molecule has 0 spiro atoms. The van der Waals surface area contributed by atoms with Crippen LogP contribution in [-0.4, -0.2) is 28.9 Å². The van der Waals surface area contributed by atoms with Crippen molar-refractivity contribution in [2.24, 2.45) is 5.10 Å². The second-order valence-electron chi connectivity index (χ2n) is 5.34. The Kier molecular flexibility index (Phi) is 5.66. The number of nitrogens with zero attached hydrogens (tertiary/aromatic N) is 2. The zero-order valence-corrected chi connectivity index (χ0v) is 14.8. The Morgan fingerprint density at radius 3 is 2.81 bits per heavy atom. The van der Waals surface area contributed by atoms with Gasteiger partial charge in [-0.05, 0) is 37.3 Å². The highest BCUT2D eigenvalue weighted by atomic mass is 35.5. The first-order valence-corrected chi connectivity index (χ1v) is 8.41. The summed E-state index contributed by atoms with van der Waals surface area (Å²) in [6.07, 6.45) is 1.54. The number of nitrogens with one attached hydrogen (secondary N) is 2. The molecule has 26 heavy (non-hydrogen) atoms. The van der Waals surface area contributed by atoms with E-state index in [1.807, 2.05) is 43.3 Å². The summed E-state index contributed by atoms with van der Waals surface area (Å²) in [5.74, 6) is 0.322. The number of benzene rings is 2. The van der Waals surface area contributed by atoms with Gasteiger partial charge in [0, 0.05) is 16.1 Å². The summed E-state index contributed by atoms with van der Waals surface area (Å²) >= 11 is 5.88. The number of hydrogen-bond acceptors (Lipinski definition) is 4. The van der Waals surface area contributed by atoms with Crippen molar-refractivity contribution in [3.8, 4) is 17.0 Å². The Morgan fingerprint density at radius 1 is 1.27 bits per heavy atom. The molecule has 3 aromatic rings. The maximum Gasteiger partial charge on any atom is 0.289 e. The fourth-order valence-corrected chi connectivity index (χ4v) is 2.43. The second-order valence-corrected chi connectivity index (χ2v) is 5.78. The highest BCUT2D eigenvalue weighted by Gasteiger charge is 2.10. The average molecular weight is 369 g/mol. The van der Waals surface area contributed by atoms with Gasteiger partial charge in [0.15, 0.2) is 0 Å².